The van der Waals surface area contributed by atoms with Crippen molar-refractivity contribution in [3.05, 3.63) is 57.8 Å². The van der Waals surface area contributed by atoms with Crippen molar-refractivity contribution in [2.24, 2.45) is 0 Å². The van der Waals surface area contributed by atoms with Crippen molar-refractivity contribution in [3.8, 4) is 6.07 Å². The van der Waals surface area contributed by atoms with Crippen molar-refractivity contribution < 1.29 is 4.21 Å². The van der Waals surface area contributed by atoms with E-state index in [1.165, 1.54) is 6.20 Å². The van der Waals surface area contributed by atoms with E-state index in [9.17, 15) is 4.21 Å². The van der Waals surface area contributed by atoms with Gasteiger partial charge in [0.05, 0.1) is 26.5 Å². The molecule has 1 aromatic carbocycles. The molecule has 0 aliphatic heterocycles. The Bertz CT molecular complexity index is 683. The van der Waals surface area contributed by atoms with Crippen molar-refractivity contribution in [3.63, 3.8) is 0 Å². The molecule has 0 fully saturated rings. The Kier molecular flexibility index (Phi) is 4.54. The molecule has 1 atom stereocenters. The molecule has 0 saturated heterocycles. The fourth-order valence-electron chi connectivity index (χ4n) is 1.51. The zero-order valence-corrected chi connectivity index (χ0v) is 12.0. The van der Waals surface area contributed by atoms with Crippen LogP contribution in [0.3, 0.4) is 0 Å². The van der Waals surface area contributed by atoms with Crippen LogP contribution in [0.25, 0.3) is 0 Å². The van der Waals surface area contributed by atoms with Crippen LogP contribution in [0.1, 0.15) is 11.3 Å². The highest BCUT2D eigenvalue weighted by Gasteiger charge is 2.11. The Morgan fingerprint density at radius 3 is 2.79 bits per heavy atom. The number of nitriles is 1. The Morgan fingerprint density at radius 1 is 1.26 bits per heavy atom. The van der Waals surface area contributed by atoms with Gasteiger partial charge in [0.1, 0.15) is 11.8 Å². The molecule has 0 spiro atoms. The summed E-state index contributed by atoms with van der Waals surface area (Å²) in [7, 11) is -1.32. The third kappa shape index (κ3) is 3.54. The van der Waals surface area contributed by atoms with Crippen LogP contribution in [-0.2, 0) is 16.6 Å². The van der Waals surface area contributed by atoms with Crippen LogP contribution in [-0.4, -0.2) is 9.19 Å². The minimum absolute atomic E-state index is 0.261. The number of hydrogen-bond acceptors (Lipinski definition) is 3. The SMILES string of the molecule is N#Cc1cc(CS(=O)c2cc(Cl)ccc2Cl)ccn1. The standard InChI is InChI=1S/C13H8Cl2N2OS/c14-10-1-2-12(15)13(6-10)19(18)8-9-3-4-17-11(5-9)7-16/h1-6H,8H2. The van der Waals surface area contributed by atoms with E-state index in [1.807, 2.05) is 6.07 Å². The van der Waals surface area contributed by atoms with Crippen LogP contribution in [0.4, 0.5) is 0 Å². The van der Waals surface area contributed by atoms with E-state index >= 15 is 0 Å². The lowest BCUT2D eigenvalue weighted by Crippen LogP contribution is -1.98. The van der Waals surface area contributed by atoms with Crippen molar-refractivity contribution in [1.29, 1.82) is 5.26 Å². The second kappa shape index (κ2) is 6.16. The van der Waals surface area contributed by atoms with Crippen molar-refractivity contribution in [2.75, 3.05) is 0 Å². The molecule has 0 radical (unpaired) electrons. The molecule has 0 N–H and O–H groups in total. The lowest BCUT2D eigenvalue weighted by Gasteiger charge is -2.05. The first kappa shape index (κ1) is 14.0. The molecule has 2 rings (SSSR count). The smallest absolute Gasteiger partial charge is 0.140 e. The third-order valence-electron chi connectivity index (χ3n) is 2.38. The van der Waals surface area contributed by atoms with Gasteiger partial charge in [-0.3, -0.25) is 4.21 Å². The monoisotopic (exact) mass is 310 g/mol. The molecule has 0 aliphatic rings. The lowest BCUT2D eigenvalue weighted by molar-refractivity contribution is 0.682. The van der Waals surface area contributed by atoms with E-state index in [4.69, 9.17) is 28.5 Å². The predicted molar refractivity (Wildman–Crippen MR) is 75.5 cm³/mol. The molecule has 1 heterocycles. The fourth-order valence-corrected chi connectivity index (χ4v) is 3.30. The number of nitrogens with zero attached hydrogens (tertiary/aromatic N) is 2. The van der Waals surface area contributed by atoms with E-state index in [0.717, 1.165) is 5.56 Å². The first-order valence-electron chi connectivity index (χ1n) is 5.28. The van der Waals surface area contributed by atoms with Crippen molar-refractivity contribution in [1.82, 2.24) is 4.98 Å². The van der Waals surface area contributed by atoms with Crippen LogP contribution in [0.5, 0.6) is 0 Å². The summed E-state index contributed by atoms with van der Waals surface area (Å²) >= 11 is 11.9. The van der Waals surface area contributed by atoms with Crippen molar-refractivity contribution in [2.45, 2.75) is 10.6 Å². The lowest BCUT2D eigenvalue weighted by atomic mass is 10.2. The minimum atomic E-state index is -1.32. The number of rotatable bonds is 3. The molecule has 0 aliphatic carbocycles. The molecule has 1 unspecified atom stereocenters. The van der Waals surface area contributed by atoms with Crippen LogP contribution < -0.4 is 0 Å². The Balaban J connectivity index is 2.26. The van der Waals surface area contributed by atoms with Gasteiger partial charge >= 0.3 is 0 Å². The molecule has 2 aromatic rings. The van der Waals surface area contributed by atoms with Gasteiger partial charge in [-0.1, -0.05) is 23.2 Å². The predicted octanol–water partition coefficient (Wildman–Crippen LogP) is 3.57. The first-order valence-corrected chi connectivity index (χ1v) is 7.36. The van der Waals surface area contributed by atoms with Crippen LogP contribution in [0.15, 0.2) is 41.4 Å². The maximum atomic E-state index is 12.3. The number of halogens is 2. The van der Waals surface area contributed by atoms with E-state index in [0.29, 0.717) is 20.6 Å². The van der Waals surface area contributed by atoms with Crippen molar-refractivity contribution >= 4 is 34.0 Å². The molecular formula is C13H8Cl2N2OS. The average molecular weight is 311 g/mol. The highest BCUT2D eigenvalue weighted by atomic mass is 35.5. The summed E-state index contributed by atoms with van der Waals surface area (Å²) in [4.78, 5) is 4.35. The maximum absolute atomic E-state index is 12.3. The van der Waals surface area contributed by atoms with E-state index in [1.54, 1.807) is 30.3 Å². The summed E-state index contributed by atoms with van der Waals surface area (Å²) in [6, 6.07) is 10.1. The molecule has 3 nitrogen and oxygen atoms in total. The Morgan fingerprint density at radius 2 is 2.05 bits per heavy atom. The van der Waals surface area contributed by atoms with Gasteiger partial charge < -0.3 is 0 Å². The molecule has 0 amide bonds. The normalized spacial score (nSPS) is 11.8. The summed E-state index contributed by atoms with van der Waals surface area (Å²) < 4.78 is 12.3. The zero-order valence-electron chi connectivity index (χ0n) is 9.64. The van der Waals surface area contributed by atoms with Crippen LogP contribution in [0.2, 0.25) is 10.0 Å². The fraction of sp³-hybridized carbons (Fsp3) is 0.0769. The van der Waals surface area contributed by atoms with Crippen LogP contribution >= 0.6 is 23.2 Å². The van der Waals surface area contributed by atoms with Gasteiger partial charge in [0.25, 0.3) is 0 Å². The van der Waals surface area contributed by atoms with Gasteiger partial charge in [0.15, 0.2) is 0 Å². The number of hydrogen-bond donors (Lipinski definition) is 0. The van der Waals surface area contributed by atoms with Crippen LogP contribution in [0, 0.1) is 11.3 Å². The number of aromatic nitrogens is 1. The number of benzene rings is 1. The van der Waals surface area contributed by atoms with Gasteiger partial charge in [0, 0.05) is 11.2 Å². The molecular weight excluding hydrogens is 303 g/mol. The molecule has 6 heteroatoms. The second-order valence-electron chi connectivity index (χ2n) is 3.73. The van der Waals surface area contributed by atoms with Gasteiger partial charge in [-0.05, 0) is 35.9 Å². The molecule has 0 saturated carbocycles. The topological polar surface area (TPSA) is 53.8 Å². The highest BCUT2D eigenvalue weighted by Crippen LogP contribution is 2.25. The molecule has 1 aromatic heterocycles. The second-order valence-corrected chi connectivity index (χ2v) is 5.99. The molecule has 0 bridgehead atoms. The zero-order chi connectivity index (χ0) is 13.8. The molecule has 96 valence electrons. The average Bonchev–Trinajstić information content (AvgIpc) is 2.41. The Labute approximate surface area is 123 Å². The Hall–Kier alpha value is -1.41. The van der Waals surface area contributed by atoms with E-state index in [-0.39, 0.29) is 5.75 Å². The summed E-state index contributed by atoms with van der Waals surface area (Å²) in [6.07, 6.45) is 1.52. The maximum Gasteiger partial charge on any atom is 0.140 e. The first-order chi connectivity index (χ1) is 9.10. The highest BCUT2D eigenvalue weighted by molar-refractivity contribution is 7.84. The van der Waals surface area contributed by atoms with Gasteiger partial charge in [-0.15, -0.1) is 0 Å². The number of pyridine rings is 1. The van der Waals surface area contributed by atoms with Gasteiger partial charge in [-0.2, -0.15) is 5.26 Å². The third-order valence-corrected chi connectivity index (χ3v) is 4.48. The quantitative estimate of drug-likeness (QED) is 0.871. The summed E-state index contributed by atoms with van der Waals surface area (Å²) in [5.74, 6) is 0.261. The largest absolute Gasteiger partial charge is 0.254 e. The molecule has 19 heavy (non-hydrogen) atoms. The summed E-state index contributed by atoms with van der Waals surface area (Å²) in [5.41, 5.74) is 1.06. The van der Waals surface area contributed by atoms with E-state index in [2.05, 4.69) is 4.98 Å². The van der Waals surface area contributed by atoms with E-state index < -0.39 is 10.8 Å². The summed E-state index contributed by atoms with van der Waals surface area (Å²) in [6.45, 7) is 0. The van der Waals surface area contributed by atoms with Gasteiger partial charge in [0.2, 0.25) is 0 Å². The summed E-state index contributed by atoms with van der Waals surface area (Å²) in [5, 5.41) is 9.67. The van der Waals surface area contributed by atoms with Gasteiger partial charge in [-0.25, -0.2) is 4.98 Å². The minimum Gasteiger partial charge on any atom is -0.254 e.